The van der Waals surface area contributed by atoms with Crippen LogP contribution >= 0.6 is 0 Å². The molecule has 3 heterocycles. The molecule has 1 fully saturated rings. The van der Waals surface area contributed by atoms with Gasteiger partial charge in [-0.1, -0.05) is 18.2 Å². The van der Waals surface area contributed by atoms with Crippen molar-refractivity contribution in [2.45, 2.75) is 13.5 Å². The van der Waals surface area contributed by atoms with Gasteiger partial charge >= 0.3 is 0 Å². The van der Waals surface area contributed by atoms with Crippen molar-refractivity contribution in [3.05, 3.63) is 42.6 Å². The lowest BCUT2D eigenvalue weighted by atomic mass is 10.0. The number of para-hydroxylation sites is 1. The van der Waals surface area contributed by atoms with Crippen LogP contribution in [-0.2, 0) is 11.3 Å². The van der Waals surface area contributed by atoms with Crippen LogP contribution in [0.2, 0.25) is 0 Å². The van der Waals surface area contributed by atoms with Gasteiger partial charge in [0.05, 0.1) is 18.7 Å². The van der Waals surface area contributed by atoms with E-state index < -0.39 is 0 Å². The number of nitrogens with zero attached hydrogens (tertiary/aromatic N) is 5. The predicted molar refractivity (Wildman–Crippen MR) is 93.7 cm³/mol. The number of carbonyl (C=O) groups is 1. The van der Waals surface area contributed by atoms with E-state index in [1.807, 2.05) is 28.6 Å². The normalized spacial score (nSPS) is 20.5. The van der Waals surface area contributed by atoms with E-state index in [-0.39, 0.29) is 11.8 Å². The number of hydrogen-bond acceptors (Lipinski definition) is 4. The van der Waals surface area contributed by atoms with Crippen LogP contribution in [0.1, 0.15) is 6.92 Å². The summed E-state index contributed by atoms with van der Waals surface area (Å²) in [5.74, 6) is 0.816. The van der Waals surface area contributed by atoms with E-state index in [1.165, 1.54) is 5.69 Å². The molecule has 0 N–H and O–H groups in total. The lowest BCUT2D eigenvalue weighted by molar-refractivity contribution is -0.134. The maximum Gasteiger partial charge on any atom is 0.233 e. The van der Waals surface area contributed by atoms with Gasteiger partial charge in [-0.05, 0) is 19.1 Å². The predicted octanol–water partition coefficient (Wildman–Crippen LogP) is 1.95. The molecule has 1 aromatic heterocycles. The first-order valence-corrected chi connectivity index (χ1v) is 8.38. The lowest BCUT2D eigenvalue weighted by Gasteiger charge is -2.38. The van der Waals surface area contributed by atoms with Gasteiger partial charge in [-0.2, -0.15) is 5.10 Å². The van der Waals surface area contributed by atoms with Crippen LogP contribution < -0.4 is 4.90 Å². The Kier molecular flexibility index (Phi) is 3.80. The number of aromatic nitrogens is 2. The molecular formula is C18H21N5O. The zero-order valence-corrected chi connectivity index (χ0v) is 13.8. The molecule has 2 aliphatic rings. The Hall–Kier alpha value is -2.63. The topological polar surface area (TPSA) is 53.7 Å². The van der Waals surface area contributed by atoms with Gasteiger partial charge < -0.3 is 9.80 Å². The first-order chi connectivity index (χ1) is 11.7. The molecule has 0 aliphatic carbocycles. The zero-order valence-electron chi connectivity index (χ0n) is 13.8. The average molecular weight is 323 g/mol. The van der Waals surface area contributed by atoms with Gasteiger partial charge in [-0.3, -0.25) is 4.79 Å². The van der Waals surface area contributed by atoms with Crippen molar-refractivity contribution in [1.29, 1.82) is 0 Å². The summed E-state index contributed by atoms with van der Waals surface area (Å²) in [6.45, 7) is 5.78. The van der Waals surface area contributed by atoms with Crippen LogP contribution in [0.3, 0.4) is 0 Å². The number of rotatable bonds is 2. The number of fused-ring (bicyclic) bond motifs is 1. The number of amides is 1. The molecule has 6 heteroatoms. The SMILES string of the molecule is CC1=Nc2ccnn2CC1C(=O)N1CCN(c2ccccc2)CC1. The van der Waals surface area contributed by atoms with Gasteiger partial charge in [0.25, 0.3) is 0 Å². The minimum atomic E-state index is -0.194. The monoisotopic (exact) mass is 323 g/mol. The summed E-state index contributed by atoms with van der Waals surface area (Å²) in [5, 5.41) is 4.25. The average Bonchev–Trinajstić information content (AvgIpc) is 3.08. The van der Waals surface area contributed by atoms with E-state index in [0.717, 1.165) is 37.7 Å². The highest BCUT2D eigenvalue weighted by Gasteiger charge is 2.32. The highest BCUT2D eigenvalue weighted by Crippen LogP contribution is 2.24. The molecule has 1 unspecified atom stereocenters. The molecule has 2 aromatic rings. The summed E-state index contributed by atoms with van der Waals surface area (Å²) in [5.41, 5.74) is 2.11. The molecule has 1 saturated heterocycles. The highest BCUT2D eigenvalue weighted by molar-refractivity contribution is 6.04. The molecule has 1 amide bonds. The first kappa shape index (κ1) is 14.9. The van der Waals surface area contributed by atoms with Gasteiger partial charge in [0.2, 0.25) is 5.91 Å². The molecule has 0 saturated carbocycles. The number of anilines is 1. The van der Waals surface area contributed by atoms with Crippen molar-refractivity contribution in [1.82, 2.24) is 14.7 Å². The molecule has 0 bridgehead atoms. The van der Waals surface area contributed by atoms with Gasteiger partial charge in [-0.15, -0.1) is 0 Å². The fourth-order valence-corrected chi connectivity index (χ4v) is 3.43. The third-order valence-corrected chi connectivity index (χ3v) is 4.86. The van der Waals surface area contributed by atoms with E-state index in [1.54, 1.807) is 6.20 Å². The number of piperazine rings is 1. The first-order valence-electron chi connectivity index (χ1n) is 8.38. The van der Waals surface area contributed by atoms with Gasteiger partial charge in [0.1, 0.15) is 5.82 Å². The van der Waals surface area contributed by atoms with Crippen molar-refractivity contribution in [3.8, 4) is 0 Å². The minimum absolute atomic E-state index is 0.171. The number of hydrogen-bond donors (Lipinski definition) is 0. The maximum absolute atomic E-state index is 12.9. The van der Waals surface area contributed by atoms with E-state index in [2.05, 4.69) is 39.3 Å². The smallest absolute Gasteiger partial charge is 0.233 e. The Morgan fingerprint density at radius 1 is 1.08 bits per heavy atom. The fourth-order valence-electron chi connectivity index (χ4n) is 3.43. The van der Waals surface area contributed by atoms with Crippen LogP contribution in [-0.4, -0.2) is 52.5 Å². The second-order valence-electron chi connectivity index (χ2n) is 6.33. The molecule has 6 nitrogen and oxygen atoms in total. The van der Waals surface area contributed by atoms with Crippen molar-refractivity contribution >= 4 is 23.1 Å². The molecule has 124 valence electrons. The van der Waals surface area contributed by atoms with Crippen LogP contribution in [0.5, 0.6) is 0 Å². The Labute approximate surface area is 141 Å². The molecule has 24 heavy (non-hydrogen) atoms. The Morgan fingerprint density at radius 2 is 1.83 bits per heavy atom. The van der Waals surface area contributed by atoms with E-state index in [9.17, 15) is 4.79 Å². The summed E-state index contributed by atoms with van der Waals surface area (Å²) in [6.07, 6.45) is 1.73. The fraction of sp³-hybridized carbons (Fsp3) is 0.389. The maximum atomic E-state index is 12.9. The third-order valence-electron chi connectivity index (χ3n) is 4.86. The zero-order chi connectivity index (χ0) is 16.5. The summed E-state index contributed by atoms with van der Waals surface area (Å²) in [4.78, 5) is 21.7. The standard InChI is InChI=1S/C18H21N5O/c1-14-16(13-23-17(20-14)7-8-19-23)18(24)22-11-9-21(10-12-22)15-5-3-2-4-6-15/h2-8,16H,9-13H2,1H3. The molecule has 0 radical (unpaired) electrons. The summed E-state index contributed by atoms with van der Waals surface area (Å²) in [6, 6.07) is 12.2. The van der Waals surface area contributed by atoms with Gasteiger partial charge in [0.15, 0.2) is 0 Å². The van der Waals surface area contributed by atoms with Crippen molar-refractivity contribution in [3.63, 3.8) is 0 Å². The summed E-state index contributed by atoms with van der Waals surface area (Å²) >= 11 is 0. The van der Waals surface area contributed by atoms with Crippen molar-refractivity contribution in [2.75, 3.05) is 31.1 Å². The van der Waals surface area contributed by atoms with Crippen LogP contribution in [0.25, 0.3) is 0 Å². The van der Waals surface area contributed by atoms with Crippen LogP contribution in [0.15, 0.2) is 47.6 Å². The quantitative estimate of drug-likeness (QED) is 0.849. The Bertz CT molecular complexity index is 759. The molecule has 2 aliphatic heterocycles. The Morgan fingerprint density at radius 3 is 2.58 bits per heavy atom. The minimum Gasteiger partial charge on any atom is -0.368 e. The van der Waals surface area contributed by atoms with Crippen LogP contribution in [0.4, 0.5) is 11.5 Å². The van der Waals surface area contributed by atoms with E-state index in [0.29, 0.717) is 6.54 Å². The van der Waals surface area contributed by atoms with Gasteiger partial charge in [0, 0.05) is 43.6 Å². The van der Waals surface area contributed by atoms with Crippen LogP contribution in [0, 0.1) is 5.92 Å². The Balaban J connectivity index is 1.42. The van der Waals surface area contributed by atoms with Crippen molar-refractivity contribution in [2.24, 2.45) is 10.9 Å². The highest BCUT2D eigenvalue weighted by atomic mass is 16.2. The second kappa shape index (κ2) is 6.11. The largest absolute Gasteiger partial charge is 0.368 e. The third kappa shape index (κ3) is 2.68. The summed E-state index contributed by atoms with van der Waals surface area (Å²) < 4.78 is 1.82. The number of benzene rings is 1. The molecule has 1 atom stereocenters. The number of carbonyl (C=O) groups excluding carboxylic acids is 1. The molecular weight excluding hydrogens is 302 g/mol. The van der Waals surface area contributed by atoms with Gasteiger partial charge in [-0.25, -0.2) is 9.67 Å². The molecule has 0 spiro atoms. The van der Waals surface area contributed by atoms with Crippen molar-refractivity contribution < 1.29 is 4.79 Å². The lowest BCUT2D eigenvalue weighted by Crippen LogP contribution is -2.52. The molecule has 4 rings (SSSR count). The molecule has 1 aromatic carbocycles. The summed E-state index contributed by atoms with van der Waals surface area (Å²) in [7, 11) is 0. The van der Waals surface area contributed by atoms with E-state index >= 15 is 0 Å². The number of aliphatic imine (C=N–C) groups is 1. The van der Waals surface area contributed by atoms with E-state index in [4.69, 9.17) is 0 Å². The second-order valence-corrected chi connectivity index (χ2v) is 6.33.